The van der Waals surface area contributed by atoms with Crippen molar-refractivity contribution in [2.75, 3.05) is 6.54 Å². The summed E-state index contributed by atoms with van der Waals surface area (Å²) in [6.45, 7) is 2.94. The predicted molar refractivity (Wildman–Crippen MR) is 64.1 cm³/mol. The van der Waals surface area contributed by atoms with Crippen LogP contribution < -0.4 is 5.73 Å². The lowest BCUT2D eigenvalue weighted by molar-refractivity contribution is 0.946. The van der Waals surface area contributed by atoms with Gasteiger partial charge >= 0.3 is 0 Å². The summed E-state index contributed by atoms with van der Waals surface area (Å²) in [5, 5.41) is 0. The van der Waals surface area contributed by atoms with Gasteiger partial charge in [0.15, 0.2) is 0 Å². The second-order valence-corrected chi connectivity index (χ2v) is 4.32. The van der Waals surface area contributed by atoms with E-state index in [4.69, 9.17) is 5.73 Å². The Kier molecular flexibility index (Phi) is 3.05. The number of amidine groups is 1. The summed E-state index contributed by atoms with van der Waals surface area (Å²) in [7, 11) is 0. The molecule has 1 aliphatic carbocycles. The van der Waals surface area contributed by atoms with Gasteiger partial charge < -0.3 is 5.73 Å². The standard InChI is InChI=1S/C13H18N2/c1-10-3-2-4-11(9-10)7-8-15-13(14)12-5-6-12/h2-4,9,12H,5-8H2,1H3,(H2,14,15). The third-order valence-corrected chi connectivity index (χ3v) is 2.77. The van der Waals surface area contributed by atoms with E-state index in [-0.39, 0.29) is 0 Å². The van der Waals surface area contributed by atoms with Crippen molar-refractivity contribution in [2.45, 2.75) is 26.2 Å². The van der Waals surface area contributed by atoms with Crippen molar-refractivity contribution >= 4 is 5.84 Å². The van der Waals surface area contributed by atoms with Gasteiger partial charge in [0.05, 0.1) is 5.84 Å². The predicted octanol–water partition coefficient (Wildman–Crippen LogP) is 2.30. The minimum atomic E-state index is 0.600. The van der Waals surface area contributed by atoms with E-state index in [9.17, 15) is 0 Å². The van der Waals surface area contributed by atoms with Gasteiger partial charge in [-0.15, -0.1) is 0 Å². The van der Waals surface area contributed by atoms with Crippen LogP contribution in [0.5, 0.6) is 0 Å². The fourth-order valence-corrected chi connectivity index (χ4v) is 1.69. The number of benzene rings is 1. The van der Waals surface area contributed by atoms with Crippen LogP contribution in [0, 0.1) is 12.8 Å². The highest BCUT2D eigenvalue weighted by molar-refractivity contribution is 5.84. The fraction of sp³-hybridized carbons (Fsp3) is 0.462. The molecule has 2 heteroatoms. The Bertz CT molecular complexity index is 365. The average Bonchev–Trinajstić information content (AvgIpc) is 3.00. The van der Waals surface area contributed by atoms with Crippen LogP contribution >= 0.6 is 0 Å². The average molecular weight is 202 g/mol. The van der Waals surface area contributed by atoms with Gasteiger partial charge in [0.2, 0.25) is 0 Å². The first-order valence-corrected chi connectivity index (χ1v) is 5.61. The Morgan fingerprint density at radius 2 is 2.27 bits per heavy atom. The van der Waals surface area contributed by atoms with Gasteiger partial charge in [0.25, 0.3) is 0 Å². The summed E-state index contributed by atoms with van der Waals surface area (Å²) >= 11 is 0. The third kappa shape index (κ3) is 3.08. The fourth-order valence-electron chi connectivity index (χ4n) is 1.69. The second kappa shape index (κ2) is 4.47. The lowest BCUT2D eigenvalue weighted by Gasteiger charge is -2.01. The Hall–Kier alpha value is -1.31. The maximum atomic E-state index is 5.82. The molecule has 2 nitrogen and oxygen atoms in total. The van der Waals surface area contributed by atoms with Crippen molar-refractivity contribution in [1.29, 1.82) is 0 Å². The van der Waals surface area contributed by atoms with E-state index < -0.39 is 0 Å². The molecule has 0 aliphatic heterocycles. The van der Waals surface area contributed by atoms with E-state index in [1.165, 1.54) is 24.0 Å². The van der Waals surface area contributed by atoms with E-state index in [0.717, 1.165) is 18.8 Å². The molecule has 1 saturated carbocycles. The van der Waals surface area contributed by atoms with Crippen molar-refractivity contribution in [3.05, 3.63) is 35.4 Å². The molecule has 2 rings (SSSR count). The minimum Gasteiger partial charge on any atom is -0.387 e. The molecular weight excluding hydrogens is 184 g/mol. The van der Waals surface area contributed by atoms with Gasteiger partial charge in [-0.05, 0) is 31.7 Å². The van der Waals surface area contributed by atoms with E-state index in [1.807, 2.05) is 0 Å². The quantitative estimate of drug-likeness (QED) is 0.590. The lowest BCUT2D eigenvalue weighted by Crippen LogP contribution is -2.14. The molecule has 0 saturated heterocycles. The topological polar surface area (TPSA) is 38.4 Å². The largest absolute Gasteiger partial charge is 0.387 e. The van der Waals surface area contributed by atoms with E-state index >= 15 is 0 Å². The van der Waals surface area contributed by atoms with E-state index in [0.29, 0.717) is 5.92 Å². The maximum Gasteiger partial charge on any atom is 0.0968 e. The van der Waals surface area contributed by atoms with Crippen molar-refractivity contribution in [2.24, 2.45) is 16.6 Å². The molecule has 2 N–H and O–H groups in total. The SMILES string of the molecule is Cc1cccc(CCN=C(N)C2CC2)c1. The van der Waals surface area contributed by atoms with Gasteiger partial charge in [-0.25, -0.2) is 0 Å². The van der Waals surface area contributed by atoms with Gasteiger partial charge in [-0.1, -0.05) is 29.8 Å². The highest BCUT2D eigenvalue weighted by Gasteiger charge is 2.24. The van der Waals surface area contributed by atoms with Crippen LogP contribution in [0.15, 0.2) is 29.3 Å². The molecule has 0 heterocycles. The molecule has 0 amide bonds. The molecule has 1 aliphatic rings. The third-order valence-electron chi connectivity index (χ3n) is 2.77. The Labute approximate surface area is 91.2 Å². The van der Waals surface area contributed by atoms with Gasteiger partial charge in [0, 0.05) is 12.5 Å². The first-order chi connectivity index (χ1) is 7.25. The zero-order valence-corrected chi connectivity index (χ0v) is 9.24. The van der Waals surface area contributed by atoms with Gasteiger partial charge in [-0.2, -0.15) is 0 Å². The zero-order valence-electron chi connectivity index (χ0n) is 9.24. The highest BCUT2D eigenvalue weighted by atomic mass is 14.9. The highest BCUT2D eigenvalue weighted by Crippen LogP contribution is 2.28. The Morgan fingerprint density at radius 1 is 1.47 bits per heavy atom. The molecule has 1 aromatic carbocycles. The van der Waals surface area contributed by atoms with Gasteiger partial charge in [-0.3, -0.25) is 4.99 Å². The van der Waals surface area contributed by atoms with Crippen LogP contribution in [0.25, 0.3) is 0 Å². The summed E-state index contributed by atoms with van der Waals surface area (Å²) in [6, 6.07) is 8.57. The van der Waals surface area contributed by atoms with Crippen LogP contribution in [0.2, 0.25) is 0 Å². The van der Waals surface area contributed by atoms with Crippen molar-refractivity contribution < 1.29 is 0 Å². The van der Waals surface area contributed by atoms with Crippen LogP contribution in [-0.2, 0) is 6.42 Å². The van der Waals surface area contributed by atoms with E-state index in [2.05, 4.69) is 36.2 Å². The molecule has 0 unspecified atom stereocenters. The monoisotopic (exact) mass is 202 g/mol. The molecule has 0 bridgehead atoms. The number of nitrogens with zero attached hydrogens (tertiary/aromatic N) is 1. The summed E-state index contributed by atoms with van der Waals surface area (Å²) in [5.74, 6) is 1.46. The van der Waals surface area contributed by atoms with Crippen LogP contribution in [0.1, 0.15) is 24.0 Å². The number of hydrogen-bond acceptors (Lipinski definition) is 1. The molecule has 0 spiro atoms. The maximum absolute atomic E-state index is 5.82. The summed E-state index contributed by atoms with van der Waals surface area (Å²) in [6.07, 6.45) is 3.47. The number of aryl methyl sites for hydroxylation is 1. The smallest absolute Gasteiger partial charge is 0.0968 e. The van der Waals surface area contributed by atoms with Crippen molar-refractivity contribution in [1.82, 2.24) is 0 Å². The normalized spacial score (nSPS) is 16.7. The summed E-state index contributed by atoms with van der Waals surface area (Å²) in [4.78, 5) is 4.41. The Balaban J connectivity index is 1.85. The molecule has 1 aromatic rings. The number of nitrogens with two attached hydrogens (primary N) is 1. The zero-order chi connectivity index (χ0) is 10.7. The number of aliphatic imine (C=N–C) groups is 1. The van der Waals surface area contributed by atoms with Crippen molar-refractivity contribution in [3.63, 3.8) is 0 Å². The van der Waals surface area contributed by atoms with Crippen LogP contribution in [0.3, 0.4) is 0 Å². The number of hydrogen-bond donors (Lipinski definition) is 1. The second-order valence-electron chi connectivity index (χ2n) is 4.32. The first-order valence-electron chi connectivity index (χ1n) is 5.61. The Morgan fingerprint density at radius 3 is 2.93 bits per heavy atom. The van der Waals surface area contributed by atoms with Gasteiger partial charge in [0.1, 0.15) is 0 Å². The summed E-state index contributed by atoms with van der Waals surface area (Å²) < 4.78 is 0. The molecule has 0 aromatic heterocycles. The molecule has 80 valence electrons. The molecule has 1 fully saturated rings. The number of rotatable bonds is 4. The molecule has 15 heavy (non-hydrogen) atoms. The molecular formula is C13H18N2. The lowest BCUT2D eigenvalue weighted by atomic mass is 10.1. The summed E-state index contributed by atoms with van der Waals surface area (Å²) in [5.41, 5.74) is 8.48. The van der Waals surface area contributed by atoms with Crippen LogP contribution in [-0.4, -0.2) is 12.4 Å². The first kappa shape index (κ1) is 10.2. The van der Waals surface area contributed by atoms with E-state index in [1.54, 1.807) is 0 Å². The van der Waals surface area contributed by atoms with Crippen molar-refractivity contribution in [3.8, 4) is 0 Å². The molecule has 0 radical (unpaired) electrons. The van der Waals surface area contributed by atoms with Crippen LogP contribution in [0.4, 0.5) is 0 Å². The minimum absolute atomic E-state index is 0.600. The molecule has 0 atom stereocenters.